The molecule has 2 atom stereocenters. The Bertz CT molecular complexity index is 1390. The lowest BCUT2D eigenvalue weighted by Crippen LogP contribution is -2.53. The average Bonchev–Trinajstić information content (AvgIpc) is 3.39. The van der Waals surface area contributed by atoms with Crippen LogP contribution < -0.4 is 9.47 Å². The molecule has 0 spiro atoms. The minimum absolute atomic E-state index is 0.0452. The van der Waals surface area contributed by atoms with Gasteiger partial charge in [0.2, 0.25) is 5.67 Å². The predicted octanol–water partition coefficient (Wildman–Crippen LogP) is 7.52. The fraction of sp³-hybridized carbons (Fsp3) is 0.588. The highest BCUT2D eigenvalue weighted by molar-refractivity contribution is 6.13. The van der Waals surface area contributed by atoms with Gasteiger partial charge in [0.25, 0.3) is 5.91 Å². The third kappa shape index (κ3) is 7.73. The van der Waals surface area contributed by atoms with E-state index in [1.807, 2.05) is 25.7 Å². The van der Waals surface area contributed by atoms with Crippen LogP contribution >= 0.6 is 11.9 Å². The monoisotopic (exact) mass is 670 g/mol. The lowest BCUT2D eigenvalue weighted by molar-refractivity contribution is -0.146. The second-order valence-corrected chi connectivity index (χ2v) is 14.1. The number of piperidine rings is 1. The van der Waals surface area contributed by atoms with Gasteiger partial charge in [0, 0.05) is 37.6 Å². The second-order valence-electron chi connectivity index (χ2n) is 13.9. The summed E-state index contributed by atoms with van der Waals surface area (Å²) in [6, 6.07) is 10.5. The van der Waals surface area contributed by atoms with Gasteiger partial charge in [-0.15, -0.1) is 0 Å². The van der Waals surface area contributed by atoms with E-state index in [4.69, 9.17) is 21.3 Å². The number of alkyl halides is 4. The molecule has 7 nitrogen and oxygen atoms in total. The maximum atomic E-state index is 17.1. The molecule has 2 aliphatic heterocycles. The fourth-order valence-corrected chi connectivity index (χ4v) is 6.41. The zero-order valence-corrected chi connectivity index (χ0v) is 27.9. The van der Waals surface area contributed by atoms with Crippen LogP contribution in [-0.2, 0) is 20.1 Å². The van der Waals surface area contributed by atoms with Crippen LogP contribution in [0.15, 0.2) is 42.5 Å². The van der Waals surface area contributed by atoms with Crippen LogP contribution in [-0.4, -0.2) is 72.8 Å². The normalized spacial score (nSPS) is 21.7. The van der Waals surface area contributed by atoms with Crippen molar-refractivity contribution in [3.63, 3.8) is 0 Å². The highest BCUT2D eigenvalue weighted by Crippen LogP contribution is 2.45. The minimum atomic E-state index is -4.58. The fourth-order valence-electron chi connectivity index (χ4n) is 6.20. The molecule has 0 unspecified atom stereocenters. The first-order chi connectivity index (χ1) is 21.4. The van der Waals surface area contributed by atoms with Crippen LogP contribution in [0, 0.1) is 5.41 Å². The molecule has 0 aliphatic carbocycles. The van der Waals surface area contributed by atoms with Crippen molar-refractivity contribution in [3.8, 4) is 11.5 Å². The number of carbonyl (C=O) groups is 2. The molecule has 2 aromatic carbocycles. The van der Waals surface area contributed by atoms with E-state index in [0.29, 0.717) is 36.3 Å². The molecular weight excluding hydrogens is 628 g/mol. The zero-order chi connectivity index (χ0) is 34.1. The molecule has 0 radical (unpaired) electrons. The highest BCUT2D eigenvalue weighted by Gasteiger charge is 2.57. The van der Waals surface area contributed by atoms with Crippen LogP contribution in [0.5, 0.6) is 11.5 Å². The van der Waals surface area contributed by atoms with Gasteiger partial charge in [0.15, 0.2) is 0 Å². The van der Waals surface area contributed by atoms with Crippen molar-refractivity contribution in [1.82, 2.24) is 9.80 Å². The van der Waals surface area contributed by atoms with Gasteiger partial charge in [-0.2, -0.15) is 13.2 Å². The molecule has 0 aromatic heterocycles. The minimum Gasteiger partial charge on any atom is -0.497 e. The van der Waals surface area contributed by atoms with Crippen molar-refractivity contribution in [2.75, 3.05) is 39.9 Å². The summed E-state index contributed by atoms with van der Waals surface area (Å²) in [6.45, 7) is 9.95. The Kier molecular flexibility index (Phi) is 10.6. The summed E-state index contributed by atoms with van der Waals surface area (Å²) in [5, 5.41) is 0. The maximum absolute atomic E-state index is 17.1. The van der Waals surface area contributed by atoms with E-state index in [-0.39, 0.29) is 49.9 Å². The van der Waals surface area contributed by atoms with Gasteiger partial charge in [0.05, 0.1) is 24.7 Å². The number of hydrogen-bond donors (Lipinski definition) is 0. The number of rotatable bonds is 9. The summed E-state index contributed by atoms with van der Waals surface area (Å²) < 4.78 is 73.3. The zero-order valence-electron chi connectivity index (χ0n) is 27.2. The summed E-state index contributed by atoms with van der Waals surface area (Å²) in [5.74, 6) is -1.45. The lowest BCUT2D eigenvalue weighted by atomic mass is 9.83. The van der Waals surface area contributed by atoms with E-state index < -0.39 is 40.6 Å². The van der Waals surface area contributed by atoms with Gasteiger partial charge in [-0.05, 0) is 95.2 Å². The van der Waals surface area contributed by atoms with Crippen molar-refractivity contribution >= 4 is 23.7 Å². The third-order valence-corrected chi connectivity index (χ3v) is 9.51. The molecule has 2 fully saturated rings. The number of amides is 1. The van der Waals surface area contributed by atoms with Crippen molar-refractivity contribution in [1.29, 1.82) is 0 Å². The van der Waals surface area contributed by atoms with Gasteiger partial charge in [0.1, 0.15) is 23.4 Å². The SMILES string of the molecule is COc1ccc([C@@H]2CN(C(C)(C)C)C[C@@]2(F)C(=O)N2CCC(c3ccc(C(F)(F)F)cc3OCCC(C)(C)C(=O)OCl)CC2)cc1. The van der Waals surface area contributed by atoms with Crippen LogP contribution in [0.25, 0.3) is 0 Å². The molecule has 2 heterocycles. The Hall–Kier alpha value is -3.05. The van der Waals surface area contributed by atoms with E-state index >= 15 is 4.39 Å². The Labute approximate surface area is 273 Å². The van der Waals surface area contributed by atoms with Crippen LogP contribution in [0.4, 0.5) is 17.6 Å². The predicted molar refractivity (Wildman–Crippen MR) is 167 cm³/mol. The molecule has 46 heavy (non-hydrogen) atoms. The van der Waals surface area contributed by atoms with Gasteiger partial charge in [-0.1, -0.05) is 18.2 Å². The van der Waals surface area contributed by atoms with E-state index in [1.165, 1.54) is 6.07 Å². The molecule has 0 bridgehead atoms. The molecule has 4 rings (SSSR count). The smallest absolute Gasteiger partial charge is 0.416 e. The first kappa shape index (κ1) is 35.8. The first-order valence-electron chi connectivity index (χ1n) is 15.4. The second kappa shape index (κ2) is 13.6. The molecule has 0 saturated carbocycles. The summed E-state index contributed by atoms with van der Waals surface area (Å²) in [5.41, 5.74) is -3.09. The van der Waals surface area contributed by atoms with Crippen molar-refractivity contribution < 1.29 is 40.9 Å². The summed E-state index contributed by atoms with van der Waals surface area (Å²) >= 11 is 5.22. The number of nitrogens with zero attached hydrogens (tertiary/aromatic N) is 2. The quantitative estimate of drug-likeness (QED) is 0.257. The molecular formula is C34H43ClF4N2O5. The van der Waals surface area contributed by atoms with Crippen LogP contribution in [0.3, 0.4) is 0 Å². The van der Waals surface area contributed by atoms with Crippen LogP contribution in [0.2, 0.25) is 0 Å². The molecule has 1 amide bonds. The Balaban J connectivity index is 1.52. The number of likely N-dealkylation sites (tertiary alicyclic amines) is 2. The highest BCUT2D eigenvalue weighted by atomic mass is 35.5. The molecule has 254 valence electrons. The summed E-state index contributed by atoms with van der Waals surface area (Å²) in [4.78, 5) is 29.5. The number of hydrogen-bond acceptors (Lipinski definition) is 6. The van der Waals surface area contributed by atoms with Gasteiger partial charge in [-0.3, -0.25) is 9.69 Å². The van der Waals surface area contributed by atoms with E-state index in [9.17, 15) is 22.8 Å². The maximum Gasteiger partial charge on any atom is 0.416 e. The molecule has 2 saturated heterocycles. The van der Waals surface area contributed by atoms with E-state index in [2.05, 4.69) is 4.29 Å². The molecule has 2 aliphatic rings. The van der Waals surface area contributed by atoms with Gasteiger partial charge in [-0.25, -0.2) is 9.18 Å². The van der Waals surface area contributed by atoms with E-state index in [0.717, 1.165) is 12.1 Å². The molecule has 0 N–H and O–H groups in total. The number of ether oxygens (including phenoxy) is 2. The lowest BCUT2D eigenvalue weighted by Gasteiger charge is -2.38. The topological polar surface area (TPSA) is 68.3 Å². The number of halogens is 5. The standard InChI is InChI=1S/C34H43ClF4N2O5/c1-31(2,3)41-20-27(23-7-10-25(44-6)11-8-23)33(36,21-41)29(42)40-16-13-22(14-17-40)26-12-9-24(34(37,38)39)19-28(26)45-18-15-32(4,5)30(43)46-35/h7-12,19,22,27H,13-18,20-21H2,1-6H3/t27-,33-/m0/s1. The van der Waals surface area contributed by atoms with Gasteiger partial charge < -0.3 is 18.7 Å². The third-order valence-electron chi connectivity index (χ3n) is 9.37. The summed E-state index contributed by atoms with van der Waals surface area (Å²) in [6.07, 6.45) is -3.58. The number of benzene rings is 2. The Morgan fingerprint density at radius 3 is 2.17 bits per heavy atom. The van der Waals surface area contributed by atoms with E-state index in [1.54, 1.807) is 50.1 Å². The van der Waals surface area contributed by atoms with Gasteiger partial charge >= 0.3 is 12.1 Å². The number of carbonyl (C=O) groups excluding carboxylic acids is 2. The molecule has 12 heteroatoms. The van der Waals surface area contributed by atoms with Crippen molar-refractivity contribution in [2.24, 2.45) is 5.41 Å². The summed E-state index contributed by atoms with van der Waals surface area (Å²) in [7, 11) is 1.56. The first-order valence-corrected chi connectivity index (χ1v) is 15.8. The average molecular weight is 671 g/mol. The van der Waals surface area contributed by atoms with Crippen LogP contribution in [0.1, 0.15) is 82.4 Å². The largest absolute Gasteiger partial charge is 0.497 e. The Morgan fingerprint density at radius 2 is 1.63 bits per heavy atom. The molecule has 2 aromatic rings. The van der Waals surface area contributed by atoms with Crippen molar-refractivity contribution in [3.05, 3.63) is 59.2 Å². The van der Waals surface area contributed by atoms with Crippen molar-refractivity contribution in [2.45, 2.75) is 83.1 Å². The Morgan fingerprint density at radius 1 is 1.00 bits per heavy atom. The number of methoxy groups -OCH3 is 1.